The zero-order chi connectivity index (χ0) is 40.8. The molecule has 0 aromatic carbocycles. The van der Waals surface area contributed by atoms with Crippen LogP contribution in [0.25, 0.3) is 0 Å². The quantitative estimate of drug-likeness (QED) is 0.0224. The number of ether oxygens (including phenoxy) is 3. The summed E-state index contributed by atoms with van der Waals surface area (Å²) in [5.41, 5.74) is 15.5. The molecule has 0 aromatic heterocycles. The summed E-state index contributed by atoms with van der Waals surface area (Å²) in [7, 11) is 0. The molecule has 0 bridgehead atoms. The summed E-state index contributed by atoms with van der Waals surface area (Å²) < 4.78 is 12.3. The molecule has 0 spiro atoms. The number of carboxylic acids is 9. The van der Waals surface area contributed by atoms with Crippen molar-refractivity contribution in [3.05, 3.63) is 0 Å². The largest absolute Gasteiger partial charge is 2.00 e. The second kappa shape index (κ2) is 29.6. The molecule has 0 saturated carbocycles. The number of aliphatic carboxylic acids is 9. The van der Waals surface area contributed by atoms with E-state index in [9.17, 15) is 72.9 Å². The molecule has 27 nitrogen and oxygen atoms in total. The van der Waals surface area contributed by atoms with Crippen LogP contribution in [0, 0.1) is 0 Å². The Balaban J connectivity index is -0.000000213. The summed E-state index contributed by atoms with van der Waals surface area (Å²) in [4.78, 5) is 126. The number of carboxylic acid groups (broad SMARTS) is 9. The molecule has 0 heterocycles. The molecule has 12 N–H and O–H groups in total. The fourth-order valence-electron chi connectivity index (χ4n) is 2.40. The summed E-state index contributed by atoms with van der Waals surface area (Å²) in [6.45, 7) is 0. The smallest absolute Gasteiger partial charge is 0.550 e. The van der Waals surface area contributed by atoms with Crippen LogP contribution < -0.4 is 62.1 Å². The Labute approximate surface area is 327 Å². The predicted molar refractivity (Wildman–Crippen MR) is 142 cm³/mol. The third-order valence-electron chi connectivity index (χ3n) is 4.93. The normalized spacial score (nSPS) is 11.4. The van der Waals surface area contributed by atoms with Crippen molar-refractivity contribution in [3.63, 3.8) is 0 Å². The van der Waals surface area contributed by atoms with Crippen LogP contribution in [0.1, 0.15) is 38.5 Å². The maximum Gasteiger partial charge on any atom is 2.00 e. The number of rotatable bonds is 21. The topological polar surface area (TPSA) is 501 Å². The van der Waals surface area contributed by atoms with E-state index in [0.29, 0.717) is 0 Å². The molecule has 0 aliphatic rings. The molecule has 0 aromatic rings. The summed E-state index contributed by atoms with van der Waals surface area (Å²) in [5, 5.41) is 80.5. The van der Waals surface area contributed by atoms with Gasteiger partial charge >= 0.3 is 100 Å². The molecule has 0 saturated heterocycles. The van der Waals surface area contributed by atoms with E-state index in [4.69, 9.17) is 47.8 Å². The monoisotopic (exact) mass is 823 g/mol. The van der Waals surface area contributed by atoms with Crippen LogP contribution in [0.15, 0.2) is 0 Å². The number of carbonyl (C=O) groups excluding carboxylic acids is 6. The van der Waals surface area contributed by atoms with Crippen LogP contribution in [0.5, 0.6) is 0 Å². The molecule has 294 valence electrons. The predicted octanol–water partition coefficient (Wildman–Crippen LogP) is -12.2. The van der Waals surface area contributed by atoms with E-state index in [-0.39, 0.29) is 65.9 Å². The van der Waals surface area contributed by atoms with Crippen molar-refractivity contribution < 1.29 is 164 Å². The Morgan fingerprint density at radius 1 is 0.415 bits per heavy atom. The first kappa shape index (κ1) is 57.4. The van der Waals surface area contributed by atoms with E-state index < -0.39 is 127 Å². The van der Waals surface area contributed by atoms with E-state index >= 15 is 0 Å². The Kier molecular flexibility index (Phi) is 32.0. The molecular formula is C24H30FeN3NaO24. The number of esters is 3. The van der Waals surface area contributed by atoms with Crippen LogP contribution in [0.3, 0.4) is 0 Å². The molecule has 0 fully saturated rings. The number of nitrogens with two attached hydrogens (primary N) is 3. The molecule has 3 unspecified atom stereocenters. The number of hydrogen-bond donors (Lipinski definition) is 9. The van der Waals surface area contributed by atoms with E-state index in [1.54, 1.807) is 0 Å². The van der Waals surface area contributed by atoms with Gasteiger partial charge in [-0.1, -0.05) is 0 Å². The van der Waals surface area contributed by atoms with Gasteiger partial charge in [0, 0.05) is 17.9 Å². The van der Waals surface area contributed by atoms with Crippen molar-refractivity contribution in [3.8, 4) is 0 Å². The number of carbonyl (C=O) groups is 12. The molecule has 29 heteroatoms. The first-order chi connectivity index (χ1) is 23.3. The first-order valence-corrected chi connectivity index (χ1v) is 13.1. The molecular weight excluding hydrogens is 793 g/mol. The standard InChI is InChI=1S/3C8H11NO8.Fe.Na/c3*9-3(1-2-4(10)11)8(16)17-5(6(12)13)7(14)15;;/h3*3,5H,1-2,9H2,(H,10,11)(H,12,13)(H,14,15);;/q;;;+2;+1/p-3. The first-order valence-electron chi connectivity index (χ1n) is 13.1. The summed E-state index contributed by atoms with van der Waals surface area (Å²) in [6.07, 6.45) is -9.69. The van der Waals surface area contributed by atoms with E-state index in [0.717, 1.165) is 0 Å². The van der Waals surface area contributed by atoms with E-state index in [1.165, 1.54) is 0 Å². The van der Waals surface area contributed by atoms with Crippen molar-refractivity contribution in [2.45, 2.75) is 75.0 Å². The fraction of sp³-hybridized carbons (Fsp3) is 0.500. The minimum absolute atomic E-state index is 0. The molecule has 0 radical (unpaired) electrons. The van der Waals surface area contributed by atoms with Gasteiger partial charge in [-0.15, -0.1) is 0 Å². The van der Waals surface area contributed by atoms with Crippen LogP contribution in [-0.4, -0.2) is 139 Å². The van der Waals surface area contributed by atoms with Crippen LogP contribution in [0.4, 0.5) is 0 Å². The molecule has 3 atom stereocenters. The van der Waals surface area contributed by atoms with Gasteiger partial charge in [0.2, 0.25) is 0 Å². The minimum atomic E-state index is -2.36. The maximum absolute atomic E-state index is 11.1. The van der Waals surface area contributed by atoms with Crippen molar-refractivity contribution in [1.29, 1.82) is 0 Å². The van der Waals surface area contributed by atoms with Gasteiger partial charge in [-0.3, -0.25) is 14.4 Å². The maximum atomic E-state index is 11.1. The zero-order valence-corrected chi connectivity index (χ0v) is 29.9. The van der Waals surface area contributed by atoms with Crippen LogP contribution in [0.2, 0.25) is 0 Å². The molecule has 0 rings (SSSR count). The second-order valence-corrected chi connectivity index (χ2v) is 9.03. The summed E-state index contributed by atoms with van der Waals surface area (Å²) in [5.74, 6) is -19.4. The van der Waals surface area contributed by atoms with Gasteiger partial charge in [0.15, 0.2) is 0 Å². The van der Waals surface area contributed by atoms with Gasteiger partial charge in [0.1, 0.15) is 18.1 Å². The van der Waals surface area contributed by atoms with Crippen molar-refractivity contribution in [1.82, 2.24) is 0 Å². The van der Waals surface area contributed by atoms with E-state index in [1.807, 2.05) is 0 Å². The Bertz CT molecular complexity index is 1140. The third kappa shape index (κ3) is 28.3. The summed E-state index contributed by atoms with van der Waals surface area (Å²) in [6, 6.07) is -4.27. The minimum Gasteiger partial charge on any atom is -0.550 e. The van der Waals surface area contributed by atoms with Crippen molar-refractivity contribution in [2.24, 2.45) is 17.2 Å². The summed E-state index contributed by atoms with van der Waals surface area (Å²) >= 11 is 0. The van der Waals surface area contributed by atoms with Crippen molar-refractivity contribution >= 4 is 71.6 Å². The average molecular weight is 823 g/mol. The zero-order valence-electron chi connectivity index (χ0n) is 26.8. The van der Waals surface area contributed by atoms with E-state index in [2.05, 4.69) is 14.2 Å². The van der Waals surface area contributed by atoms with Crippen LogP contribution >= 0.6 is 0 Å². The molecule has 0 aliphatic heterocycles. The fourth-order valence-corrected chi connectivity index (χ4v) is 2.40. The Morgan fingerprint density at radius 3 is 0.679 bits per heavy atom. The van der Waals surface area contributed by atoms with Crippen molar-refractivity contribution in [2.75, 3.05) is 0 Å². The van der Waals surface area contributed by atoms with Crippen LogP contribution in [-0.2, 0) is 88.8 Å². The van der Waals surface area contributed by atoms with Gasteiger partial charge in [-0.25, -0.2) is 28.8 Å². The van der Waals surface area contributed by atoms with Gasteiger partial charge in [0.05, 0.1) is 0 Å². The average Bonchev–Trinajstić information content (AvgIpc) is 3.00. The SMILES string of the molecule is NC(CCC(=O)[O-])C(=O)OC(C(=O)O)C(=O)O.NC(CCC(=O)[O-])C(=O)OC(C(=O)O)C(=O)O.NC(CCC(=O)[O-])C(=O)OC(C(=O)O)C(=O)O.[Fe+2].[Na+]. The number of hydrogen-bond acceptors (Lipinski definition) is 21. The van der Waals surface area contributed by atoms with Gasteiger partial charge < -0.3 is 91.8 Å². The molecule has 0 aliphatic carbocycles. The molecule has 53 heavy (non-hydrogen) atoms. The molecule has 0 amide bonds. The Morgan fingerprint density at radius 2 is 0.566 bits per heavy atom. The Hall–Kier alpha value is -4.96. The van der Waals surface area contributed by atoms with Gasteiger partial charge in [0.25, 0.3) is 18.3 Å². The van der Waals surface area contributed by atoms with Gasteiger partial charge in [-0.2, -0.15) is 0 Å². The van der Waals surface area contributed by atoms with Gasteiger partial charge in [-0.05, 0) is 38.5 Å². The third-order valence-corrected chi connectivity index (χ3v) is 4.93. The second-order valence-electron chi connectivity index (χ2n) is 9.03.